The first-order valence-corrected chi connectivity index (χ1v) is 8.94. The van der Waals surface area contributed by atoms with Gasteiger partial charge in [0, 0.05) is 12.8 Å². The van der Waals surface area contributed by atoms with Gasteiger partial charge in [0.2, 0.25) is 0 Å². The van der Waals surface area contributed by atoms with E-state index < -0.39 is 85.7 Å². The van der Waals surface area contributed by atoms with E-state index in [1.807, 2.05) is 0 Å². The van der Waals surface area contributed by atoms with Gasteiger partial charge in [0.05, 0.1) is 19.1 Å². The topological polar surface area (TPSA) is 24.7 Å². The van der Waals surface area contributed by atoms with Crippen LogP contribution >= 0.6 is 0 Å². The molecule has 0 bridgehead atoms. The Morgan fingerprint density at radius 2 is 0.564 bits per heavy atom. The zero-order valence-electron chi connectivity index (χ0n) is 17.5. The number of nitrogens with zero attached hydrogens (tertiary/aromatic N) is 2. The number of hydrogen-bond acceptors (Lipinski definition) is 2. The second kappa shape index (κ2) is 10.3. The van der Waals surface area contributed by atoms with Gasteiger partial charge < -0.3 is 0 Å². The Labute approximate surface area is 199 Å². The van der Waals surface area contributed by atoms with Gasteiger partial charge in [-0.25, -0.2) is 9.98 Å². The molecule has 0 aliphatic carbocycles. The average molecular weight is 634 g/mol. The monoisotopic (exact) mass is 634 g/mol. The highest BCUT2D eigenvalue weighted by atomic mass is 19.4. The number of hydrogen-bond donors (Lipinski definition) is 0. The van der Waals surface area contributed by atoms with Crippen LogP contribution in [0.3, 0.4) is 0 Å². The standard InChI is InChI=1S/C15H8F22N2/c16-6(17,8(20,21)10(24,25)11(26,27)13(30,31)15(35,36)37)1-3-38-5-39-4-2-7(18,19)9(22,23)12(28,29)14(32,33)34/h1-4H2. The van der Waals surface area contributed by atoms with E-state index in [1.165, 1.54) is 0 Å². The van der Waals surface area contributed by atoms with Crippen LogP contribution in [0.1, 0.15) is 12.8 Å². The number of halogens is 22. The van der Waals surface area contributed by atoms with Crippen molar-refractivity contribution in [3.8, 4) is 0 Å². The second-order valence-corrected chi connectivity index (χ2v) is 7.21. The van der Waals surface area contributed by atoms with Gasteiger partial charge in [0.1, 0.15) is 0 Å². The zero-order valence-corrected chi connectivity index (χ0v) is 17.5. The fourth-order valence-electron chi connectivity index (χ4n) is 2.07. The van der Waals surface area contributed by atoms with E-state index >= 15 is 0 Å². The quantitative estimate of drug-likeness (QED) is 0.153. The third-order valence-electron chi connectivity index (χ3n) is 4.42. The number of aliphatic imine (C=N–C) groups is 2. The molecule has 0 unspecified atom stereocenters. The fraction of sp³-hybridized carbons (Fsp3) is 0.933. The smallest absolute Gasteiger partial charge is 0.225 e. The molecule has 232 valence electrons. The predicted octanol–water partition coefficient (Wildman–Crippen LogP) is 8.15. The first-order valence-electron chi connectivity index (χ1n) is 8.94. The summed E-state index contributed by atoms with van der Waals surface area (Å²) >= 11 is 0. The van der Waals surface area contributed by atoms with Crippen molar-refractivity contribution in [1.82, 2.24) is 0 Å². The highest BCUT2D eigenvalue weighted by Gasteiger charge is 2.90. The highest BCUT2D eigenvalue weighted by molar-refractivity contribution is 5.41. The normalized spacial score (nSPS) is 15.7. The maximum absolute atomic E-state index is 13.4. The summed E-state index contributed by atoms with van der Waals surface area (Å²) in [5.41, 5.74) is 0. The molecule has 0 N–H and O–H groups in total. The van der Waals surface area contributed by atoms with Crippen LogP contribution in [-0.4, -0.2) is 78.8 Å². The van der Waals surface area contributed by atoms with Gasteiger partial charge >= 0.3 is 59.7 Å². The van der Waals surface area contributed by atoms with E-state index in [2.05, 4.69) is 9.98 Å². The van der Waals surface area contributed by atoms with Crippen LogP contribution in [-0.2, 0) is 0 Å². The van der Waals surface area contributed by atoms with E-state index in [0.29, 0.717) is 0 Å². The average Bonchev–Trinajstić information content (AvgIpc) is 2.70. The molecule has 0 heterocycles. The summed E-state index contributed by atoms with van der Waals surface area (Å²) < 4.78 is 281. The van der Waals surface area contributed by atoms with E-state index in [1.54, 1.807) is 0 Å². The number of rotatable bonds is 12. The van der Waals surface area contributed by atoms with Crippen molar-refractivity contribution in [2.45, 2.75) is 72.6 Å². The molecule has 0 aliphatic rings. The molecule has 0 aromatic carbocycles. The first-order chi connectivity index (χ1) is 16.7. The third kappa shape index (κ3) is 6.13. The lowest BCUT2D eigenvalue weighted by Gasteiger charge is -2.39. The number of alkyl halides is 22. The Morgan fingerprint density at radius 1 is 0.333 bits per heavy atom. The van der Waals surface area contributed by atoms with Gasteiger partial charge in [-0.3, -0.25) is 0 Å². The van der Waals surface area contributed by atoms with Crippen molar-refractivity contribution < 1.29 is 96.6 Å². The van der Waals surface area contributed by atoms with Gasteiger partial charge in [0.25, 0.3) is 0 Å². The molecular weight excluding hydrogens is 626 g/mol. The Morgan fingerprint density at radius 3 is 0.846 bits per heavy atom. The molecule has 24 heteroatoms. The lowest BCUT2D eigenvalue weighted by atomic mass is 9.92. The van der Waals surface area contributed by atoms with Crippen LogP contribution in [0.5, 0.6) is 0 Å². The summed E-state index contributed by atoms with van der Waals surface area (Å²) in [5.74, 6) is -58.9. The van der Waals surface area contributed by atoms with Crippen molar-refractivity contribution in [3.63, 3.8) is 0 Å². The maximum Gasteiger partial charge on any atom is 0.460 e. The molecule has 0 saturated carbocycles. The molecule has 0 aliphatic heterocycles. The molecule has 0 aromatic rings. The van der Waals surface area contributed by atoms with Crippen LogP contribution in [0.4, 0.5) is 96.6 Å². The Hall–Kier alpha value is -2.16. The summed E-state index contributed by atoms with van der Waals surface area (Å²) in [7, 11) is 0. The van der Waals surface area contributed by atoms with E-state index in [9.17, 15) is 96.6 Å². The molecule has 0 spiro atoms. The minimum absolute atomic E-state index is 0.895. The Balaban J connectivity index is 5.58. The molecule has 2 nitrogen and oxygen atoms in total. The highest BCUT2D eigenvalue weighted by Crippen LogP contribution is 2.60. The minimum Gasteiger partial charge on any atom is -0.225 e. The lowest BCUT2D eigenvalue weighted by molar-refractivity contribution is -0.440. The third-order valence-corrected chi connectivity index (χ3v) is 4.42. The van der Waals surface area contributed by atoms with E-state index in [0.717, 1.165) is 6.01 Å². The van der Waals surface area contributed by atoms with Crippen LogP contribution in [0.25, 0.3) is 0 Å². The van der Waals surface area contributed by atoms with Gasteiger partial charge in [-0.15, -0.1) is 0 Å². The molecule has 0 rings (SSSR count). The predicted molar refractivity (Wildman–Crippen MR) is 80.5 cm³/mol. The summed E-state index contributed by atoms with van der Waals surface area (Å²) in [6.45, 7) is -3.95. The zero-order chi connectivity index (χ0) is 31.9. The van der Waals surface area contributed by atoms with E-state index in [-0.39, 0.29) is 0 Å². The molecule has 0 amide bonds. The van der Waals surface area contributed by atoms with Crippen LogP contribution in [0, 0.1) is 0 Å². The minimum atomic E-state index is -8.16. The largest absolute Gasteiger partial charge is 0.460 e. The maximum atomic E-state index is 13.4. The molecule has 0 aromatic heterocycles. The summed E-state index contributed by atoms with van der Waals surface area (Å²) in [4.78, 5) is 4.68. The lowest BCUT2D eigenvalue weighted by Crippen LogP contribution is -2.70. The van der Waals surface area contributed by atoms with E-state index in [4.69, 9.17) is 0 Å². The second-order valence-electron chi connectivity index (χ2n) is 7.21. The van der Waals surface area contributed by atoms with Gasteiger partial charge in [0.15, 0.2) is 0 Å². The van der Waals surface area contributed by atoms with Crippen molar-refractivity contribution >= 4 is 6.01 Å². The molecule has 39 heavy (non-hydrogen) atoms. The van der Waals surface area contributed by atoms with Crippen LogP contribution in [0.2, 0.25) is 0 Å². The molecule has 0 atom stereocenters. The van der Waals surface area contributed by atoms with Gasteiger partial charge in [-0.05, 0) is 0 Å². The Bertz CT molecular complexity index is 903. The van der Waals surface area contributed by atoms with Crippen molar-refractivity contribution in [2.75, 3.05) is 13.1 Å². The van der Waals surface area contributed by atoms with Crippen molar-refractivity contribution in [3.05, 3.63) is 0 Å². The van der Waals surface area contributed by atoms with Crippen molar-refractivity contribution in [2.24, 2.45) is 9.98 Å². The van der Waals surface area contributed by atoms with Crippen molar-refractivity contribution in [1.29, 1.82) is 0 Å². The SMILES string of the molecule is FC(F)(F)C(F)(F)C(F)(F)C(F)(F)CCN=C=NCCC(F)(F)C(F)(F)C(F)(F)C(F)(F)C(F)(F)C(F)(F)F. The van der Waals surface area contributed by atoms with Gasteiger partial charge in [-0.1, -0.05) is 0 Å². The van der Waals surface area contributed by atoms with Crippen LogP contribution < -0.4 is 0 Å². The molecule has 0 radical (unpaired) electrons. The Kier molecular flexibility index (Phi) is 9.77. The summed E-state index contributed by atoms with van der Waals surface area (Å²) in [6.07, 6.45) is -20.3. The van der Waals surface area contributed by atoms with Gasteiger partial charge in [-0.2, -0.15) is 96.6 Å². The molecule has 0 saturated heterocycles. The fourth-order valence-corrected chi connectivity index (χ4v) is 2.07. The molecule has 0 fully saturated rings. The first kappa shape index (κ1) is 36.8. The summed E-state index contributed by atoms with van der Waals surface area (Å²) in [6, 6.07) is 0.895. The summed E-state index contributed by atoms with van der Waals surface area (Å²) in [5, 5.41) is 0. The van der Waals surface area contributed by atoms with Crippen LogP contribution in [0.15, 0.2) is 9.98 Å². The molecular formula is C15H8F22N2.